The summed E-state index contributed by atoms with van der Waals surface area (Å²) in [6, 6.07) is 18.2. The summed E-state index contributed by atoms with van der Waals surface area (Å²) in [4.78, 5) is 52.1. The molecule has 2 aromatic carbocycles. The van der Waals surface area contributed by atoms with Crippen LogP contribution in [0.5, 0.6) is 5.75 Å². The molecule has 9 heteroatoms. The standard InChI is InChI=1S/C29H32N4O5/c1-19(2)25-24(29(36)37-4)26(31-27(30-25)21-11-7-5-8-12-21)28(35)32-15-16-33(20(3)17-32)23(34)18-38-22-13-9-6-10-14-22/h5-14,19-20H,15-18H2,1-4H3. The summed E-state index contributed by atoms with van der Waals surface area (Å²) < 4.78 is 10.6. The molecule has 1 atom stereocenters. The van der Waals surface area contributed by atoms with Crippen LogP contribution < -0.4 is 4.74 Å². The molecule has 1 aliphatic rings. The first kappa shape index (κ1) is 26.8. The monoisotopic (exact) mass is 516 g/mol. The molecule has 0 radical (unpaired) electrons. The molecule has 2 amide bonds. The highest BCUT2D eigenvalue weighted by molar-refractivity contribution is 6.05. The molecule has 0 spiro atoms. The molecule has 1 aromatic heterocycles. The Kier molecular flexibility index (Phi) is 8.35. The van der Waals surface area contributed by atoms with Crippen molar-refractivity contribution in [3.05, 3.63) is 77.6 Å². The lowest BCUT2D eigenvalue weighted by molar-refractivity contribution is -0.137. The number of carbonyl (C=O) groups excluding carboxylic acids is 3. The van der Waals surface area contributed by atoms with Crippen molar-refractivity contribution in [1.29, 1.82) is 0 Å². The number of benzene rings is 2. The number of amides is 2. The van der Waals surface area contributed by atoms with E-state index in [0.29, 0.717) is 30.4 Å². The van der Waals surface area contributed by atoms with E-state index in [9.17, 15) is 14.4 Å². The van der Waals surface area contributed by atoms with Crippen molar-refractivity contribution in [2.24, 2.45) is 0 Å². The minimum atomic E-state index is -0.656. The van der Waals surface area contributed by atoms with Gasteiger partial charge in [-0.15, -0.1) is 0 Å². The van der Waals surface area contributed by atoms with Crippen LogP contribution in [0.1, 0.15) is 53.2 Å². The summed E-state index contributed by atoms with van der Waals surface area (Å²) >= 11 is 0. The number of esters is 1. The zero-order chi connectivity index (χ0) is 27.2. The van der Waals surface area contributed by atoms with Crippen LogP contribution >= 0.6 is 0 Å². The molecule has 1 fully saturated rings. The Morgan fingerprint density at radius 2 is 1.63 bits per heavy atom. The van der Waals surface area contributed by atoms with Crippen molar-refractivity contribution >= 4 is 17.8 Å². The SMILES string of the molecule is COC(=O)c1c(C(=O)N2CCN(C(=O)COc3ccccc3)C(C)C2)nc(-c2ccccc2)nc1C(C)C. The van der Waals surface area contributed by atoms with Gasteiger partial charge in [-0.1, -0.05) is 62.4 Å². The van der Waals surface area contributed by atoms with E-state index in [1.54, 1.807) is 21.9 Å². The highest BCUT2D eigenvalue weighted by Gasteiger charge is 2.34. The molecule has 0 aliphatic carbocycles. The summed E-state index contributed by atoms with van der Waals surface area (Å²) in [5.74, 6) is -0.372. The van der Waals surface area contributed by atoms with Crippen LogP contribution in [0.3, 0.4) is 0 Å². The van der Waals surface area contributed by atoms with Crippen molar-refractivity contribution in [2.45, 2.75) is 32.7 Å². The van der Waals surface area contributed by atoms with Gasteiger partial charge < -0.3 is 19.3 Å². The lowest BCUT2D eigenvalue weighted by atomic mass is 10.00. The molecule has 0 N–H and O–H groups in total. The van der Waals surface area contributed by atoms with Crippen LogP contribution in [0.25, 0.3) is 11.4 Å². The predicted molar refractivity (Wildman–Crippen MR) is 142 cm³/mol. The molecular weight excluding hydrogens is 484 g/mol. The Bertz CT molecular complexity index is 1300. The number of piperazine rings is 1. The maximum absolute atomic E-state index is 13.8. The second-order valence-electron chi connectivity index (χ2n) is 9.46. The van der Waals surface area contributed by atoms with Crippen LogP contribution in [0, 0.1) is 0 Å². The summed E-state index contributed by atoms with van der Waals surface area (Å²) in [6.07, 6.45) is 0. The van der Waals surface area contributed by atoms with E-state index in [1.807, 2.05) is 69.3 Å². The normalized spacial score (nSPS) is 15.3. The van der Waals surface area contributed by atoms with Gasteiger partial charge in [0, 0.05) is 31.2 Å². The summed E-state index contributed by atoms with van der Waals surface area (Å²) in [7, 11) is 1.27. The number of rotatable bonds is 7. The van der Waals surface area contributed by atoms with Crippen LogP contribution in [-0.4, -0.2) is 76.9 Å². The van der Waals surface area contributed by atoms with E-state index in [-0.39, 0.29) is 42.3 Å². The molecule has 9 nitrogen and oxygen atoms in total. The molecule has 0 saturated carbocycles. The number of aromatic nitrogens is 2. The quantitative estimate of drug-likeness (QED) is 0.440. The van der Waals surface area contributed by atoms with Crippen LogP contribution in [0.15, 0.2) is 60.7 Å². The molecule has 0 bridgehead atoms. The van der Waals surface area contributed by atoms with E-state index in [2.05, 4.69) is 9.97 Å². The summed E-state index contributed by atoms with van der Waals surface area (Å²) in [6.45, 7) is 6.53. The Hall–Kier alpha value is -4.27. The zero-order valence-electron chi connectivity index (χ0n) is 22.1. The summed E-state index contributed by atoms with van der Waals surface area (Å²) in [5, 5.41) is 0. The number of para-hydroxylation sites is 1. The molecule has 1 aliphatic heterocycles. The van der Waals surface area contributed by atoms with Crippen molar-refractivity contribution in [1.82, 2.24) is 19.8 Å². The number of hydrogen-bond donors (Lipinski definition) is 0. The lowest BCUT2D eigenvalue weighted by Crippen LogP contribution is -2.56. The fourth-order valence-corrected chi connectivity index (χ4v) is 4.48. The molecule has 2 heterocycles. The van der Waals surface area contributed by atoms with Crippen LogP contribution in [0.4, 0.5) is 0 Å². The maximum Gasteiger partial charge on any atom is 0.342 e. The van der Waals surface area contributed by atoms with Gasteiger partial charge in [0.1, 0.15) is 17.0 Å². The van der Waals surface area contributed by atoms with Gasteiger partial charge >= 0.3 is 5.97 Å². The average Bonchev–Trinajstić information content (AvgIpc) is 2.95. The van der Waals surface area contributed by atoms with E-state index in [4.69, 9.17) is 9.47 Å². The fraction of sp³-hybridized carbons (Fsp3) is 0.345. The second-order valence-corrected chi connectivity index (χ2v) is 9.46. The van der Waals surface area contributed by atoms with Gasteiger partial charge in [0.05, 0.1) is 12.8 Å². The molecule has 198 valence electrons. The fourth-order valence-electron chi connectivity index (χ4n) is 4.48. The van der Waals surface area contributed by atoms with Gasteiger partial charge in [0.25, 0.3) is 11.8 Å². The minimum Gasteiger partial charge on any atom is -0.484 e. The Balaban J connectivity index is 1.58. The molecule has 3 aromatic rings. The first-order valence-electron chi connectivity index (χ1n) is 12.6. The first-order chi connectivity index (χ1) is 18.3. The average molecular weight is 517 g/mol. The summed E-state index contributed by atoms with van der Waals surface area (Å²) in [5.41, 5.74) is 1.28. The third kappa shape index (κ3) is 5.82. The first-order valence-corrected chi connectivity index (χ1v) is 12.6. The minimum absolute atomic E-state index is 0.00814. The largest absolute Gasteiger partial charge is 0.484 e. The van der Waals surface area contributed by atoms with Gasteiger partial charge in [0.2, 0.25) is 0 Å². The maximum atomic E-state index is 13.8. The number of hydrogen-bond acceptors (Lipinski definition) is 7. The van der Waals surface area contributed by atoms with Gasteiger partial charge in [-0.3, -0.25) is 9.59 Å². The van der Waals surface area contributed by atoms with Gasteiger partial charge in [-0.05, 0) is 25.0 Å². The van der Waals surface area contributed by atoms with Crippen molar-refractivity contribution in [3.63, 3.8) is 0 Å². The third-order valence-corrected chi connectivity index (χ3v) is 6.45. The van der Waals surface area contributed by atoms with Crippen LogP contribution in [0.2, 0.25) is 0 Å². The van der Waals surface area contributed by atoms with E-state index < -0.39 is 11.9 Å². The highest BCUT2D eigenvalue weighted by Crippen LogP contribution is 2.27. The zero-order valence-corrected chi connectivity index (χ0v) is 22.1. The predicted octanol–water partition coefficient (Wildman–Crippen LogP) is 3.81. The van der Waals surface area contributed by atoms with Crippen molar-refractivity contribution in [2.75, 3.05) is 33.4 Å². The van der Waals surface area contributed by atoms with E-state index in [1.165, 1.54) is 7.11 Å². The van der Waals surface area contributed by atoms with Crippen LogP contribution in [-0.2, 0) is 9.53 Å². The number of methoxy groups -OCH3 is 1. The molecule has 38 heavy (non-hydrogen) atoms. The molecular formula is C29H32N4O5. The third-order valence-electron chi connectivity index (χ3n) is 6.45. The molecule has 1 unspecified atom stereocenters. The smallest absolute Gasteiger partial charge is 0.342 e. The van der Waals surface area contributed by atoms with Gasteiger partial charge in [-0.25, -0.2) is 14.8 Å². The Morgan fingerprint density at radius 1 is 0.974 bits per heavy atom. The number of carbonyl (C=O) groups is 3. The van der Waals surface area contributed by atoms with Gasteiger partial charge in [0.15, 0.2) is 12.4 Å². The van der Waals surface area contributed by atoms with E-state index >= 15 is 0 Å². The van der Waals surface area contributed by atoms with Gasteiger partial charge in [-0.2, -0.15) is 0 Å². The Morgan fingerprint density at radius 3 is 2.24 bits per heavy atom. The van der Waals surface area contributed by atoms with E-state index in [0.717, 1.165) is 5.56 Å². The van der Waals surface area contributed by atoms with Crippen molar-refractivity contribution < 1.29 is 23.9 Å². The van der Waals surface area contributed by atoms with Crippen molar-refractivity contribution in [3.8, 4) is 17.1 Å². The lowest BCUT2D eigenvalue weighted by Gasteiger charge is -2.39. The molecule has 4 rings (SSSR count). The Labute approximate surface area is 222 Å². The topological polar surface area (TPSA) is 102 Å². The second kappa shape index (κ2) is 11.9. The number of ether oxygens (including phenoxy) is 2. The number of nitrogens with zero attached hydrogens (tertiary/aromatic N) is 4. The molecule has 1 saturated heterocycles. The highest BCUT2D eigenvalue weighted by atomic mass is 16.5.